The minimum absolute atomic E-state index is 0.195. The molecule has 0 radical (unpaired) electrons. The molecule has 2 saturated heterocycles. The van der Waals surface area contributed by atoms with E-state index in [9.17, 15) is 9.59 Å². The van der Waals surface area contributed by atoms with Crippen LogP contribution in [0.1, 0.15) is 12.8 Å². The molecule has 3 N–H and O–H groups in total. The smallest absolute Gasteiger partial charge is 0.322 e. The van der Waals surface area contributed by atoms with Crippen LogP contribution in [0.4, 0.5) is 4.79 Å². The third-order valence-corrected chi connectivity index (χ3v) is 2.40. The van der Waals surface area contributed by atoms with Crippen molar-refractivity contribution in [3.05, 3.63) is 0 Å². The van der Waals surface area contributed by atoms with Gasteiger partial charge in [-0.3, -0.25) is 10.1 Å². The number of carbonyl (C=O) groups excluding carboxylic acids is 2. The monoisotopic (exact) mass is 169 g/mol. The van der Waals surface area contributed by atoms with Crippen molar-refractivity contribution in [2.45, 2.75) is 18.4 Å². The van der Waals surface area contributed by atoms with Gasteiger partial charge in [0, 0.05) is 6.54 Å². The zero-order valence-corrected chi connectivity index (χ0v) is 6.64. The summed E-state index contributed by atoms with van der Waals surface area (Å²) in [5.74, 6) is -0.195. The van der Waals surface area contributed by atoms with Crippen LogP contribution in [0.25, 0.3) is 0 Å². The molecular formula is C7H11N3O2. The molecule has 5 heteroatoms. The summed E-state index contributed by atoms with van der Waals surface area (Å²) in [6.07, 6.45) is 1.66. The molecule has 0 saturated carbocycles. The minimum atomic E-state index is -0.657. The first-order valence-electron chi connectivity index (χ1n) is 4.07. The van der Waals surface area contributed by atoms with Crippen LogP contribution in [0, 0.1) is 0 Å². The van der Waals surface area contributed by atoms with Gasteiger partial charge >= 0.3 is 6.03 Å². The lowest BCUT2D eigenvalue weighted by atomic mass is 9.91. The number of urea groups is 1. The molecule has 0 aromatic heterocycles. The summed E-state index contributed by atoms with van der Waals surface area (Å²) in [6, 6.07) is -0.372. The maximum Gasteiger partial charge on any atom is 0.322 e. The summed E-state index contributed by atoms with van der Waals surface area (Å²) >= 11 is 0. The fraction of sp³-hybridized carbons (Fsp3) is 0.714. The van der Waals surface area contributed by atoms with Gasteiger partial charge in [0.1, 0.15) is 5.54 Å². The number of hydrogen-bond donors (Lipinski definition) is 3. The van der Waals surface area contributed by atoms with Gasteiger partial charge < -0.3 is 10.6 Å². The Labute approximate surface area is 69.9 Å². The molecule has 0 aromatic rings. The summed E-state index contributed by atoms with van der Waals surface area (Å²) in [4.78, 5) is 22.2. The van der Waals surface area contributed by atoms with Crippen LogP contribution in [-0.4, -0.2) is 30.6 Å². The maximum atomic E-state index is 11.3. The molecule has 0 bridgehead atoms. The van der Waals surface area contributed by atoms with Gasteiger partial charge in [-0.1, -0.05) is 0 Å². The Kier molecular flexibility index (Phi) is 1.54. The number of rotatable bonds is 0. The van der Waals surface area contributed by atoms with Gasteiger partial charge in [-0.15, -0.1) is 0 Å². The molecule has 2 fully saturated rings. The average Bonchev–Trinajstić information content (AvgIpc) is 2.29. The Hall–Kier alpha value is -1.10. The Bertz CT molecular complexity index is 233. The molecule has 2 aliphatic rings. The molecule has 0 unspecified atom stereocenters. The minimum Gasteiger partial charge on any atom is -0.322 e. The molecule has 5 nitrogen and oxygen atoms in total. The van der Waals surface area contributed by atoms with Crippen molar-refractivity contribution in [2.75, 3.05) is 13.1 Å². The fourth-order valence-corrected chi connectivity index (χ4v) is 1.73. The zero-order valence-electron chi connectivity index (χ0n) is 6.64. The summed E-state index contributed by atoms with van der Waals surface area (Å²) in [5.41, 5.74) is -0.657. The molecule has 3 amide bonds. The highest BCUT2D eigenvalue weighted by molar-refractivity contribution is 6.07. The first-order valence-corrected chi connectivity index (χ1v) is 4.07. The highest BCUT2D eigenvalue weighted by Crippen LogP contribution is 2.19. The SMILES string of the molecule is O=C1NC(=O)[C@]2(CCCNC2)N1. The van der Waals surface area contributed by atoms with E-state index in [4.69, 9.17) is 0 Å². The van der Waals surface area contributed by atoms with Crippen molar-refractivity contribution >= 4 is 11.9 Å². The quantitative estimate of drug-likeness (QED) is 0.405. The van der Waals surface area contributed by atoms with Gasteiger partial charge in [-0.05, 0) is 19.4 Å². The Morgan fingerprint density at radius 2 is 2.17 bits per heavy atom. The van der Waals surface area contributed by atoms with E-state index in [2.05, 4.69) is 16.0 Å². The van der Waals surface area contributed by atoms with Crippen molar-refractivity contribution in [3.8, 4) is 0 Å². The Morgan fingerprint density at radius 1 is 1.33 bits per heavy atom. The highest BCUT2D eigenvalue weighted by atomic mass is 16.2. The molecule has 12 heavy (non-hydrogen) atoms. The van der Waals surface area contributed by atoms with Crippen LogP contribution in [0.2, 0.25) is 0 Å². The van der Waals surface area contributed by atoms with Gasteiger partial charge in [-0.2, -0.15) is 0 Å². The number of nitrogens with one attached hydrogen (secondary N) is 3. The van der Waals surface area contributed by atoms with Gasteiger partial charge in [0.05, 0.1) is 0 Å². The predicted molar refractivity (Wildman–Crippen MR) is 41.5 cm³/mol. The van der Waals surface area contributed by atoms with Crippen molar-refractivity contribution < 1.29 is 9.59 Å². The number of imide groups is 1. The summed E-state index contributed by atoms with van der Waals surface area (Å²) in [7, 11) is 0. The van der Waals surface area contributed by atoms with E-state index in [1.165, 1.54) is 0 Å². The first kappa shape index (κ1) is 7.54. The lowest BCUT2D eigenvalue weighted by molar-refractivity contribution is -0.124. The van der Waals surface area contributed by atoms with E-state index in [0.29, 0.717) is 6.54 Å². The molecule has 0 aromatic carbocycles. The standard InChI is InChI=1S/C7H11N3O2/c11-5-7(10-6(12)9-5)2-1-3-8-4-7/h8H,1-4H2,(H2,9,10,11,12)/t7-/m1/s1. The zero-order chi connectivity index (χ0) is 8.60. The normalized spacial score (nSPS) is 35.0. The topological polar surface area (TPSA) is 70.2 Å². The summed E-state index contributed by atoms with van der Waals surface area (Å²) in [6.45, 7) is 1.47. The van der Waals surface area contributed by atoms with Gasteiger partial charge in [0.15, 0.2) is 0 Å². The number of amides is 3. The Morgan fingerprint density at radius 3 is 2.67 bits per heavy atom. The second kappa shape index (κ2) is 2.45. The van der Waals surface area contributed by atoms with E-state index < -0.39 is 5.54 Å². The lowest BCUT2D eigenvalue weighted by Crippen LogP contribution is -2.57. The van der Waals surface area contributed by atoms with Gasteiger partial charge in [0.2, 0.25) is 0 Å². The van der Waals surface area contributed by atoms with Crippen molar-refractivity contribution in [1.82, 2.24) is 16.0 Å². The van der Waals surface area contributed by atoms with Crippen LogP contribution in [0.3, 0.4) is 0 Å². The van der Waals surface area contributed by atoms with Crippen LogP contribution in [-0.2, 0) is 4.79 Å². The predicted octanol–water partition coefficient (Wildman–Crippen LogP) is -1.05. The molecule has 66 valence electrons. The average molecular weight is 169 g/mol. The summed E-state index contributed by atoms with van der Waals surface area (Å²) in [5, 5.41) is 8.00. The van der Waals surface area contributed by atoms with E-state index in [1.54, 1.807) is 0 Å². The van der Waals surface area contributed by atoms with E-state index in [0.717, 1.165) is 19.4 Å². The van der Waals surface area contributed by atoms with Crippen LogP contribution in [0.15, 0.2) is 0 Å². The molecule has 2 aliphatic heterocycles. The van der Waals surface area contributed by atoms with Crippen molar-refractivity contribution in [2.24, 2.45) is 0 Å². The molecule has 1 spiro atoms. The number of piperidine rings is 1. The fourth-order valence-electron chi connectivity index (χ4n) is 1.73. The van der Waals surface area contributed by atoms with E-state index in [-0.39, 0.29) is 11.9 Å². The highest BCUT2D eigenvalue weighted by Gasteiger charge is 2.46. The van der Waals surface area contributed by atoms with Crippen LogP contribution >= 0.6 is 0 Å². The van der Waals surface area contributed by atoms with Gasteiger partial charge in [0.25, 0.3) is 5.91 Å². The Balaban J connectivity index is 2.18. The first-order chi connectivity index (χ1) is 5.73. The third kappa shape index (κ3) is 0.972. The number of carbonyl (C=O) groups is 2. The molecule has 0 aliphatic carbocycles. The molecule has 2 heterocycles. The maximum absolute atomic E-state index is 11.3. The molecular weight excluding hydrogens is 158 g/mol. The number of hydrogen-bond acceptors (Lipinski definition) is 3. The summed E-state index contributed by atoms with van der Waals surface area (Å²) < 4.78 is 0. The second-order valence-electron chi connectivity index (χ2n) is 3.27. The van der Waals surface area contributed by atoms with Crippen LogP contribution < -0.4 is 16.0 Å². The van der Waals surface area contributed by atoms with E-state index in [1.807, 2.05) is 0 Å². The molecule has 2 rings (SSSR count). The largest absolute Gasteiger partial charge is 0.322 e. The van der Waals surface area contributed by atoms with Gasteiger partial charge in [-0.25, -0.2) is 4.79 Å². The lowest BCUT2D eigenvalue weighted by Gasteiger charge is -2.30. The molecule has 1 atom stereocenters. The van der Waals surface area contributed by atoms with Crippen molar-refractivity contribution in [3.63, 3.8) is 0 Å². The second-order valence-corrected chi connectivity index (χ2v) is 3.27. The third-order valence-electron chi connectivity index (χ3n) is 2.40. The van der Waals surface area contributed by atoms with Crippen molar-refractivity contribution in [1.29, 1.82) is 0 Å². The van der Waals surface area contributed by atoms with E-state index >= 15 is 0 Å². The van der Waals surface area contributed by atoms with Crippen LogP contribution in [0.5, 0.6) is 0 Å².